The van der Waals surface area contributed by atoms with Gasteiger partial charge in [-0.15, -0.1) is 0 Å². The second kappa shape index (κ2) is 6.35. The number of benzene rings is 1. The number of Topliss-reactive ketones (excluding diaryl/α,β-unsaturated/α-hetero) is 1. The van der Waals surface area contributed by atoms with E-state index in [1.807, 2.05) is 13.8 Å². The maximum absolute atomic E-state index is 13.2. The summed E-state index contributed by atoms with van der Waals surface area (Å²) < 4.78 is 27.8. The van der Waals surface area contributed by atoms with Gasteiger partial charge in [0, 0.05) is 12.1 Å². The van der Waals surface area contributed by atoms with Crippen LogP contribution in [0.1, 0.15) is 35.6 Å². The van der Waals surface area contributed by atoms with Gasteiger partial charge in [0.15, 0.2) is 17.4 Å². The fraction of sp³-hybridized carbons (Fsp3) is 0.333. The lowest BCUT2D eigenvalue weighted by atomic mass is 10.1. The zero-order valence-electron chi connectivity index (χ0n) is 11.8. The molecule has 1 aromatic carbocycles. The molecule has 0 saturated heterocycles. The average molecular weight is 313 g/mol. The van der Waals surface area contributed by atoms with E-state index in [4.69, 9.17) is 11.6 Å². The van der Waals surface area contributed by atoms with Crippen LogP contribution >= 0.6 is 11.6 Å². The first-order valence-electron chi connectivity index (χ1n) is 6.70. The lowest BCUT2D eigenvalue weighted by Gasteiger charge is -2.05. The van der Waals surface area contributed by atoms with Crippen LogP contribution < -0.4 is 0 Å². The first kappa shape index (κ1) is 15.6. The quantitative estimate of drug-likeness (QED) is 0.787. The van der Waals surface area contributed by atoms with Crippen molar-refractivity contribution < 1.29 is 13.6 Å². The van der Waals surface area contributed by atoms with Gasteiger partial charge in [-0.1, -0.05) is 18.5 Å². The van der Waals surface area contributed by atoms with Gasteiger partial charge in [-0.25, -0.2) is 8.78 Å². The van der Waals surface area contributed by atoms with Crippen LogP contribution in [0.3, 0.4) is 0 Å². The highest BCUT2D eigenvalue weighted by Crippen LogP contribution is 2.23. The van der Waals surface area contributed by atoms with Crippen molar-refractivity contribution in [3.63, 3.8) is 0 Å². The molecule has 0 aliphatic carbocycles. The van der Waals surface area contributed by atoms with Crippen molar-refractivity contribution in [2.45, 2.75) is 33.2 Å². The fourth-order valence-corrected chi connectivity index (χ4v) is 2.45. The Balaban J connectivity index is 2.31. The molecule has 0 fully saturated rings. The van der Waals surface area contributed by atoms with E-state index in [0.29, 0.717) is 23.7 Å². The summed E-state index contributed by atoms with van der Waals surface area (Å²) in [6.45, 7) is 4.41. The Morgan fingerprint density at radius 3 is 2.57 bits per heavy atom. The number of hydrogen-bond acceptors (Lipinski definition) is 2. The number of nitrogens with zero attached hydrogens (tertiary/aromatic N) is 2. The monoisotopic (exact) mass is 312 g/mol. The molecule has 2 rings (SSSR count). The van der Waals surface area contributed by atoms with Crippen LogP contribution in [0.25, 0.3) is 0 Å². The first-order valence-corrected chi connectivity index (χ1v) is 7.08. The van der Waals surface area contributed by atoms with Crippen molar-refractivity contribution in [1.82, 2.24) is 9.78 Å². The minimum absolute atomic E-state index is 0.00471. The van der Waals surface area contributed by atoms with Crippen molar-refractivity contribution in [1.29, 1.82) is 0 Å². The lowest BCUT2D eigenvalue weighted by Crippen LogP contribution is -2.10. The molecule has 0 N–H and O–H groups in total. The molecule has 0 aliphatic rings. The first-order chi connectivity index (χ1) is 9.97. The van der Waals surface area contributed by atoms with Crippen molar-refractivity contribution in [3.05, 3.63) is 51.8 Å². The van der Waals surface area contributed by atoms with E-state index in [1.54, 1.807) is 4.68 Å². The fourth-order valence-electron chi connectivity index (χ4n) is 2.11. The molecule has 0 aliphatic heterocycles. The average Bonchev–Trinajstić information content (AvgIpc) is 2.78. The zero-order valence-corrected chi connectivity index (χ0v) is 12.5. The molecule has 0 saturated carbocycles. The second-order valence-corrected chi connectivity index (χ2v) is 4.98. The molecule has 3 nitrogen and oxygen atoms in total. The molecule has 0 unspecified atom stereocenters. The van der Waals surface area contributed by atoms with Crippen molar-refractivity contribution in [3.8, 4) is 0 Å². The molecular formula is C15H15ClF2N2O. The van der Waals surface area contributed by atoms with Gasteiger partial charge in [0.1, 0.15) is 0 Å². The molecule has 6 heteroatoms. The molecule has 112 valence electrons. The predicted octanol–water partition coefficient (Wildman–Crippen LogP) is 3.82. The Labute approximate surface area is 126 Å². The maximum atomic E-state index is 13.2. The molecule has 0 bridgehead atoms. The Hall–Kier alpha value is -1.75. The highest BCUT2D eigenvalue weighted by Gasteiger charge is 2.19. The number of halogens is 3. The van der Waals surface area contributed by atoms with E-state index < -0.39 is 11.6 Å². The summed E-state index contributed by atoms with van der Waals surface area (Å²) in [5, 5.41) is 4.79. The Morgan fingerprint density at radius 2 is 2.00 bits per heavy atom. The third kappa shape index (κ3) is 3.13. The van der Waals surface area contributed by atoms with Crippen molar-refractivity contribution in [2.24, 2.45) is 0 Å². The number of rotatable bonds is 5. The number of ketones is 1. The summed E-state index contributed by atoms with van der Waals surface area (Å²) in [4.78, 5) is 12.2. The normalized spacial score (nSPS) is 10.9. The molecule has 0 spiro atoms. The molecule has 0 atom stereocenters. The predicted molar refractivity (Wildman–Crippen MR) is 76.7 cm³/mol. The van der Waals surface area contributed by atoms with Gasteiger partial charge in [0.25, 0.3) is 0 Å². The van der Waals surface area contributed by atoms with Crippen LogP contribution in [0.5, 0.6) is 0 Å². The molecule has 2 aromatic rings. The van der Waals surface area contributed by atoms with E-state index in [2.05, 4.69) is 5.10 Å². The number of aromatic nitrogens is 2. The summed E-state index contributed by atoms with van der Waals surface area (Å²) in [6.07, 6.45) is 0.670. The van der Waals surface area contributed by atoms with Crippen LogP contribution in [-0.4, -0.2) is 15.6 Å². The standard InChI is InChI=1S/C15H15ClF2N2O/c1-3-12-15(16)13(20(4-2)19-12)8-14(21)9-5-6-10(17)11(18)7-9/h5-7H,3-4,8H2,1-2H3. The highest BCUT2D eigenvalue weighted by molar-refractivity contribution is 6.32. The van der Waals surface area contributed by atoms with E-state index >= 15 is 0 Å². The maximum Gasteiger partial charge on any atom is 0.168 e. The highest BCUT2D eigenvalue weighted by atomic mass is 35.5. The van der Waals surface area contributed by atoms with E-state index in [1.165, 1.54) is 6.07 Å². The number of aryl methyl sites for hydroxylation is 2. The summed E-state index contributed by atoms with van der Waals surface area (Å²) in [5.74, 6) is -2.34. The molecule has 0 radical (unpaired) electrons. The Morgan fingerprint density at radius 1 is 1.29 bits per heavy atom. The van der Waals surface area contributed by atoms with Gasteiger partial charge in [0.2, 0.25) is 0 Å². The van der Waals surface area contributed by atoms with Gasteiger partial charge in [0.05, 0.1) is 22.8 Å². The minimum Gasteiger partial charge on any atom is -0.294 e. The Bertz CT molecular complexity index is 683. The summed E-state index contributed by atoms with van der Waals surface area (Å²) >= 11 is 6.23. The number of hydrogen-bond donors (Lipinski definition) is 0. The van der Waals surface area contributed by atoms with Crippen LogP contribution in [0, 0.1) is 11.6 Å². The van der Waals surface area contributed by atoms with Crippen LogP contribution in [-0.2, 0) is 19.4 Å². The summed E-state index contributed by atoms with van der Waals surface area (Å²) in [7, 11) is 0. The van der Waals surface area contributed by atoms with Crippen molar-refractivity contribution >= 4 is 17.4 Å². The molecule has 0 amide bonds. The number of carbonyl (C=O) groups is 1. The SMILES string of the molecule is CCc1nn(CC)c(CC(=O)c2ccc(F)c(F)c2)c1Cl. The third-order valence-electron chi connectivity index (χ3n) is 3.26. The molecule has 1 heterocycles. The van der Waals surface area contributed by atoms with E-state index in [9.17, 15) is 13.6 Å². The van der Waals surface area contributed by atoms with E-state index in [0.717, 1.165) is 17.8 Å². The van der Waals surface area contributed by atoms with Gasteiger partial charge < -0.3 is 0 Å². The topological polar surface area (TPSA) is 34.9 Å². The molecular weight excluding hydrogens is 298 g/mol. The largest absolute Gasteiger partial charge is 0.294 e. The van der Waals surface area contributed by atoms with Crippen molar-refractivity contribution in [2.75, 3.05) is 0 Å². The molecule has 1 aromatic heterocycles. The minimum atomic E-state index is -1.04. The van der Waals surface area contributed by atoms with Gasteiger partial charge in [-0.05, 0) is 31.5 Å². The third-order valence-corrected chi connectivity index (χ3v) is 3.70. The number of carbonyl (C=O) groups excluding carboxylic acids is 1. The van der Waals surface area contributed by atoms with Crippen LogP contribution in [0.15, 0.2) is 18.2 Å². The summed E-state index contributed by atoms with van der Waals surface area (Å²) in [5.41, 5.74) is 1.45. The van der Waals surface area contributed by atoms with Gasteiger partial charge >= 0.3 is 0 Å². The van der Waals surface area contributed by atoms with E-state index in [-0.39, 0.29) is 17.8 Å². The van der Waals surface area contributed by atoms with Crippen LogP contribution in [0.2, 0.25) is 5.02 Å². The lowest BCUT2D eigenvalue weighted by molar-refractivity contribution is 0.0990. The van der Waals surface area contributed by atoms with Gasteiger partial charge in [-0.2, -0.15) is 5.10 Å². The zero-order chi connectivity index (χ0) is 15.6. The van der Waals surface area contributed by atoms with Crippen LogP contribution in [0.4, 0.5) is 8.78 Å². The second-order valence-electron chi connectivity index (χ2n) is 4.61. The Kier molecular flexibility index (Phi) is 4.73. The van der Waals surface area contributed by atoms with Gasteiger partial charge in [-0.3, -0.25) is 9.48 Å². The summed E-state index contributed by atoms with van der Waals surface area (Å²) in [6, 6.07) is 3.11. The molecule has 21 heavy (non-hydrogen) atoms. The smallest absolute Gasteiger partial charge is 0.168 e.